The molecule has 0 aromatic carbocycles. The maximum atomic E-state index is 9.61. The summed E-state index contributed by atoms with van der Waals surface area (Å²) in [6, 6.07) is 0. The van der Waals surface area contributed by atoms with Crippen LogP contribution in [0.4, 0.5) is 0 Å². The summed E-state index contributed by atoms with van der Waals surface area (Å²) in [5.74, 6) is 0. The predicted molar refractivity (Wildman–Crippen MR) is 28.5 cm³/mol. The van der Waals surface area contributed by atoms with Crippen molar-refractivity contribution in [2.45, 2.75) is 13.0 Å². The number of methoxy groups -OCH3 is 1. The quantitative estimate of drug-likeness (QED) is 0.494. The highest BCUT2D eigenvalue weighted by Crippen LogP contribution is 1.85. The summed E-state index contributed by atoms with van der Waals surface area (Å²) in [6.07, 6.45) is -0.127. The molecule has 0 aliphatic rings. The minimum atomic E-state index is -0.127. The van der Waals surface area contributed by atoms with Crippen LogP contribution in [0.5, 0.6) is 0 Å². The molecule has 0 saturated carbocycles. The van der Waals surface area contributed by atoms with Gasteiger partial charge in [-0.15, -0.1) is 0 Å². The van der Waals surface area contributed by atoms with Gasteiger partial charge in [-0.1, -0.05) is 0 Å². The molecule has 0 aliphatic carbocycles. The molecule has 0 rings (SSSR count). The number of ether oxygens (including phenoxy) is 2. The van der Waals surface area contributed by atoms with Gasteiger partial charge in [0.1, 0.15) is 6.10 Å². The fraction of sp³-hybridized carbons (Fsp3) is 0.800. The number of hydrogen-bond acceptors (Lipinski definition) is 3. The fourth-order valence-electron chi connectivity index (χ4n) is 0.369. The molecule has 0 aromatic heterocycles. The molecule has 0 heterocycles. The van der Waals surface area contributed by atoms with Crippen LogP contribution in [0.25, 0.3) is 0 Å². The largest absolute Gasteiger partial charge is 0.462 e. The van der Waals surface area contributed by atoms with Crippen molar-refractivity contribution in [3.8, 4) is 0 Å². The van der Waals surface area contributed by atoms with Gasteiger partial charge < -0.3 is 9.47 Å². The standard InChI is InChI=1S/C5H10O3/c1-5(3-7-2)8-4-6/h4-5H,3H2,1-2H3. The van der Waals surface area contributed by atoms with Gasteiger partial charge in [-0.05, 0) is 6.92 Å². The summed E-state index contributed by atoms with van der Waals surface area (Å²) >= 11 is 0. The predicted octanol–water partition coefficient (Wildman–Crippen LogP) is 0.194. The Morgan fingerprint density at radius 2 is 2.38 bits per heavy atom. The van der Waals surface area contributed by atoms with Crippen molar-refractivity contribution in [2.75, 3.05) is 13.7 Å². The highest BCUT2D eigenvalue weighted by molar-refractivity contribution is 5.37. The van der Waals surface area contributed by atoms with Gasteiger partial charge in [-0.2, -0.15) is 0 Å². The van der Waals surface area contributed by atoms with Crippen LogP contribution >= 0.6 is 0 Å². The van der Waals surface area contributed by atoms with Crippen LogP contribution in [-0.4, -0.2) is 26.3 Å². The number of rotatable bonds is 4. The molecule has 3 heteroatoms. The van der Waals surface area contributed by atoms with E-state index in [1.54, 1.807) is 14.0 Å². The normalized spacial score (nSPS) is 12.8. The van der Waals surface area contributed by atoms with Crippen LogP contribution in [-0.2, 0) is 14.3 Å². The minimum Gasteiger partial charge on any atom is -0.462 e. The van der Waals surface area contributed by atoms with E-state index in [4.69, 9.17) is 0 Å². The molecule has 1 unspecified atom stereocenters. The third kappa shape index (κ3) is 3.61. The zero-order chi connectivity index (χ0) is 6.41. The summed E-state index contributed by atoms with van der Waals surface area (Å²) in [6.45, 7) is 2.64. The molecule has 48 valence electrons. The van der Waals surface area contributed by atoms with Gasteiger partial charge in [0.05, 0.1) is 6.61 Å². The zero-order valence-electron chi connectivity index (χ0n) is 5.09. The summed E-state index contributed by atoms with van der Waals surface area (Å²) in [7, 11) is 1.56. The van der Waals surface area contributed by atoms with Gasteiger partial charge in [0.2, 0.25) is 0 Å². The molecule has 0 fully saturated rings. The zero-order valence-corrected chi connectivity index (χ0v) is 5.09. The van der Waals surface area contributed by atoms with Crippen LogP contribution < -0.4 is 0 Å². The van der Waals surface area contributed by atoms with Gasteiger partial charge >= 0.3 is 0 Å². The molecular weight excluding hydrogens is 108 g/mol. The second kappa shape index (κ2) is 4.59. The number of carbonyl (C=O) groups excluding carboxylic acids is 1. The SMILES string of the molecule is COCC(C)OC=O. The van der Waals surface area contributed by atoms with Crippen molar-refractivity contribution in [3.05, 3.63) is 0 Å². The van der Waals surface area contributed by atoms with E-state index < -0.39 is 0 Å². The summed E-state index contributed by atoms with van der Waals surface area (Å²) < 4.78 is 9.15. The fourth-order valence-corrected chi connectivity index (χ4v) is 0.369. The molecule has 0 aliphatic heterocycles. The van der Waals surface area contributed by atoms with Crippen molar-refractivity contribution >= 4 is 6.47 Å². The highest BCUT2D eigenvalue weighted by atomic mass is 16.6. The number of carbonyl (C=O) groups is 1. The second-order valence-electron chi connectivity index (χ2n) is 1.50. The summed E-state index contributed by atoms with van der Waals surface area (Å²) in [5, 5.41) is 0. The minimum absolute atomic E-state index is 0.127. The lowest BCUT2D eigenvalue weighted by molar-refractivity contribution is -0.134. The maximum absolute atomic E-state index is 9.61. The molecular formula is C5H10O3. The van der Waals surface area contributed by atoms with Gasteiger partial charge in [0.15, 0.2) is 0 Å². The van der Waals surface area contributed by atoms with Crippen LogP contribution in [0.3, 0.4) is 0 Å². The monoisotopic (exact) mass is 118 g/mol. The van der Waals surface area contributed by atoms with Gasteiger partial charge in [-0.25, -0.2) is 0 Å². The van der Waals surface area contributed by atoms with E-state index in [0.717, 1.165) is 0 Å². The smallest absolute Gasteiger partial charge is 0.293 e. The lowest BCUT2D eigenvalue weighted by Crippen LogP contribution is -2.13. The summed E-state index contributed by atoms with van der Waals surface area (Å²) in [5.41, 5.74) is 0. The van der Waals surface area contributed by atoms with Gasteiger partial charge in [0.25, 0.3) is 6.47 Å². The Bertz CT molecular complexity index is 62.7. The lowest BCUT2D eigenvalue weighted by atomic mass is 10.4. The van der Waals surface area contributed by atoms with E-state index in [1.165, 1.54) is 0 Å². The van der Waals surface area contributed by atoms with E-state index in [2.05, 4.69) is 9.47 Å². The topological polar surface area (TPSA) is 35.5 Å². The molecule has 8 heavy (non-hydrogen) atoms. The van der Waals surface area contributed by atoms with E-state index in [-0.39, 0.29) is 6.10 Å². The Morgan fingerprint density at radius 1 is 1.75 bits per heavy atom. The maximum Gasteiger partial charge on any atom is 0.293 e. The van der Waals surface area contributed by atoms with E-state index >= 15 is 0 Å². The molecule has 0 amide bonds. The van der Waals surface area contributed by atoms with Crippen molar-refractivity contribution in [2.24, 2.45) is 0 Å². The van der Waals surface area contributed by atoms with E-state index in [1.807, 2.05) is 0 Å². The van der Waals surface area contributed by atoms with Crippen LogP contribution in [0, 0.1) is 0 Å². The second-order valence-corrected chi connectivity index (χ2v) is 1.50. The lowest BCUT2D eigenvalue weighted by Gasteiger charge is -2.05. The molecule has 1 atom stereocenters. The first-order valence-electron chi connectivity index (χ1n) is 2.39. The first-order chi connectivity index (χ1) is 3.81. The van der Waals surface area contributed by atoms with Crippen LogP contribution in [0.15, 0.2) is 0 Å². The Labute approximate surface area is 48.6 Å². The van der Waals surface area contributed by atoms with Gasteiger partial charge in [-0.3, -0.25) is 4.79 Å². The Morgan fingerprint density at radius 3 is 2.75 bits per heavy atom. The molecule has 3 nitrogen and oxygen atoms in total. The first kappa shape index (κ1) is 7.43. The molecule has 0 aromatic rings. The third-order valence-electron chi connectivity index (χ3n) is 0.689. The average molecular weight is 118 g/mol. The first-order valence-corrected chi connectivity index (χ1v) is 2.39. The van der Waals surface area contributed by atoms with Crippen molar-refractivity contribution in [1.82, 2.24) is 0 Å². The molecule has 0 spiro atoms. The Kier molecular flexibility index (Phi) is 4.26. The molecule has 0 N–H and O–H groups in total. The van der Waals surface area contributed by atoms with E-state index in [0.29, 0.717) is 13.1 Å². The number of hydrogen-bond donors (Lipinski definition) is 0. The van der Waals surface area contributed by atoms with Crippen molar-refractivity contribution in [3.63, 3.8) is 0 Å². The summed E-state index contributed by atoms with van der Waals surface area (Å²) in [4.78, 5) is 9.61. The molecule has 0 bridgehead atoms. The average Bonchev–Trinajstić information content (AvgIpc) is 1.68. The van der Waals surface area contributed by atoms with Crippen molar-refractivity contribution in [1.29, 1.82) is 0 Å². The Balaban J connectivity index is 3.03. The van der Waals surface area contributed by atoms with Crippen LogP contribution in [0.2, 0.25) is 0 Å². The highest BCUT2D eigenvalue weighted by Gasteiger charge is 1.96. The molecule has 0 saturated heterocycles. The Hall–Kier alpha value is -0.570. The molecule has 0 radical (unpaired) electrons. The van der Waals surface area contributed by atoms with Crippen molar-refractivity contribution < 1.29 is 14.3 Å². The van der Waals surface area contributed by atoms with Gasteiger partial charge in [0, 0.05) is 7.11 Å². The van der Waals surface area contributed by atoms with E-state index in [9.17, 15) is 4.79 Å². The van der Waals surface area contributed by atoms with Crippen LogP contribution in [0.1, 0.15) is 6.92 Å². The third-order valence-corrected chi connectivity index (χ3v) is 0.689.